The number of carbonyl (C=O) groups is 1. The maximum Gasteiger partial charge on any atom is 0.219 e. The van der Waals surface area contributed by atoms with Gasteiger partial charge in [0.2, 0.25) is 5.91 Å². The van der Waals surface area contributed by atoms with Gasteiger partial charge in [0, 0.05) is 31.6 Å². The van der Waals surface area contributed by atoms with Crippen molar-refractivity contribution in [2.24, 2.45) is 0 Å². The van der Waals surface area contributed by atoms with Crippen molar-refractivity contribution in [1.29, 1.82) is 0 Å². The minimum Gasteiger partial charge on any atom is -0.493 e. The molecule has 0 saturated heterocycles. The van der Waals surface area contributed by atoms with Crippen LogP contribution in [0, 0.1) is 0 Å². The molecule has 0 saturated carbocycles. The summed E-state index contributed by atoms with van der Waals surface area (Å²) in [5.41, 5.74) is 1.16. The summed E-state index contributed by atoms with van der Waals surface area (Å²) in [4.78, 5) is 11.2. The molecule has 0 fully saturated rings. The van der Waals surface area contributed by atoms with E-state index in [-0.39, 0.29) is 5.91 Å². The number of amides is 1. The molecule has 0 bridgehead atoms. The lowest BCUT2D eigenvalue weighted by atomic mass is 10.2. The summed E-state index contributed by atoms with van der Waals surface area (Å²) in [6, 6.07) is 8.20. The van der Waals surface area contributed by atoms with Crippen LogP contribution in [0.3, 0.4) is 0 Å². The van der Waals surface area contributed by atoms with Gasteiger partial charge in [-0.25, -0.2) is 0 Å². The highest BCUT2D eigenvalue weighted by molar-refractivity contribution is 5.86. The minimum atomic E-state index is 0.0911. The number of nitrogens with one attached hydrogen (secondary N) is 1. The topological polar surface area (TPSA) is 43.3 Å². The Hall–Kier alpha value is -1.97. The molecule has 2 rings (SSSR count). The van der Waals surface area contributed by atoms with Gasteiger partial charge in [0.05, 0.1) is 12.1 Å². The summed E-state index contributed by atoms with van der Waals surface area (Å²) in [5.74, 6) is 1.03. The molecule has 0 radical (unpaired) electrons. The highest BCUT2D eigenvalue weighted by Gasteiger charge is 2.06. The molecular weight excluding hydrogens is 252 g/mol. The SMILES string of the molecule is CCCOc1cccc2c1ccn2CCCC(=O)NC. The highest BCUT2D eigenvalue weighted by Crippen LogP contribution is 2.27. The fourth-order valence-corrected chi connectivity index (χ4v) is 2.26. The van der Waals surface area contributed by atoms with Crippen LogP contribution in [0.25, 0.3) is 10.9 Å². The molecule has 0 aliphatic heterocycles. The molecule has 2 aromatic rings. The maximum atomic E-state index is 11.2. The number of fused-ring (bicyclic) bond motifs is 1. The van der Waals surface area contributed by atoms with E-state index < -0.39 is 0 Å². The van der Waals surface area contributed by atoms with Crippen molar-refractivity contribution in [2.75, 3.05) is 13.7 Å². The van der Waals surface area contributed by atoms with Gasteiger partial charge in [0.25, 0.3) is 0 Å². The lowest BCUT2D eigenvalue weighted by molar-refractivity contribution is -0.120. The van der Waals surface area contributed by atoms with E-state index in [0.29, 0.717) is 6.42 Å². The number of rotatable bonds is 7. The number of aromatic nitrogens is 1. The summed E-state index contributed by atoms with van der Waals surface area (Å²) < 4.78 is 7.94. The Bertz CT molecular complexity index is 575. The zero-order chi connectivity index (χ0) is 14.4. The lowest BCUT2D eigenvalue weighted by Crippen LogP contribution is -2.17. The van der Waals surface area contributed by atoms with E-state index in [0.717, 1.165) is 42.6 Å². The van der Waals surface area contributed by atoms with Crippen LogP contribution in [0.1, 0.15) is 26.2 Å². The quantitative estimate of drug-likeness (QED) is 0.843. The van der Waals surface area contributed by atoms with E-state index in [1.54, 1.807) is 7.05 Å². The Balaban J connectivity index is 2.09. The zero-order valence-corrected chi connectivity index (χ0v) is 12.2. The van der Waals surface area contributed by atoms with E-state index in [1.807, 2.05) is 12.1 Å². The zero-order valence-electron chi connectivity index (χ0n) is 12.2. The van der Waals surface area contributed by atoms with Gasteiger partial charge in [-0.3, -0.25) is 4.79 Å². The fourth-order valence-electron chi connectivity index (χ4n) is 2.26. The molecule has 1 heterocycles. The van der Waals surface area contributed by atoms with Crippen LogP contribution in [0.5, 0.6) is 5.75 Å². The van der Waals surface area contributed by atoms with Gasteiger partial charge in [-0.1, -0.05) is 13.0 Å². The van der Waals surface area contributed by atoms with Crippen molar-refractivity contribution >= 4 is 16.8 Å². The third-order valence-corrected chi connectivity index (χ3v) is 3.32. The first kappa shape index (κ1) is 14.4. The highest BCUT2D eigenvalue weighted by atomic mass is 16.5. The first-order chi connectivity index (χ1) is 9.76. The van der Waals surface area contributed by atoms with Crippen molar-refractivity contribution in [3.8, 4) is 5.75 Å². The van der Waals surface area contributed by atoms with Crippen LogP contribution in [-0.4, -0.2) is 24.1 Å². The van der Waals surface area contributed by atoms with E-state index in [4.69, 9.17) is 4.74 Å². The first-order valence-corrected chi connectivity index (χ1v) is 7.17. The van der Waals surface area contributed by atoms with Crippen LogP contribution in [0.2, 0.25) is 0 Å². The van der Waals surface area contributed by atoms with E-state index in [1.165, 1.54) is 0 Å². The van der Waals surface area contributed by atoms with Crippen molar-refractivity contribution in [3.63, 3.8) is 0 Å². The Kier molecular flexibility index (Phi) is 5.04. The second-order valence-electron chi connectivity index (χ2n) is 4.82. The summed E-state index contributed by atoms with van der Waals surface area (Å²) in [5, 5.41) is 3.79. The average molecular weight is 274 g/mol. The summed E-state index contributed by atoms with van der Waals surface area (Å²) >= 11 is 0. The van der Waals surface area contributed by atoms with Crippen LogP contribution >= 0.6 is 0 Å². The Labute approximate surface area is 119 Å². The van der Waals surface area contributed by atoms with Crippen LogP contribution in [0.4, 0.5) is 0 Å². The second kappa shape index (κ2) is 6.98. The van der Waals surface area contributed by atoms with E-state index >= 15 is 0 Å². The monoisotopic (exact) mass is 274 g/mol. The smallest absolute Gasteiger partial charge is 0.219 e. The largest absolute Gasteiger partial charge is 0.493 e. The Morgan fingerprint density at radius 2 is 2.20 bits per heavy atom. The molecule has 0 aliphatic rings. The maximum absolute atomic E-state index is 11.2. The predicted octanol–water partition coefficient (Wildman–Crippen LogP) is 2.96. The van der Waals surface area contributed by atoms with Crippen molar-refractivity contribution in [1.82, 2.24) is 9.88 Å². The standard InChI is InChI=1S/C16H22N2O2/c1-3-12-20-15-7-4-6-14-13(15)9-11-18(14)10-5-8-16(19)17-2/h4,6-7,9,11H,3,5,8,10,12H2,1-2H3,(H,17,19). The molecule has 1 N–H and O–H groups in total. The third kappa shape index (κ3) is 3.32. The molecule has 4 heteroatoms. The second-order valence-corrected chi connectivity index (χ2v) is 4.82. The van der Waals surface area contributed by atoms with Gasteiger partial charge in [-0.05, 0) is 31.0 Å². The molecule has 0 aliphatic carbocycles. The number of carbonyl (C=O) groups excluding carboxylic acids is 1. The van der Waals surface area contributed by atoms with Crippen molar-refractivity contribution < 1.29 is 9.53 Å². The van der Waals surface area contributed by atoms with E-state index in [9.17, 15) is 4.79 Å². The molecule has 0 atom stereocenters. The first-order valence-electron chi connectivity index (χ1n) is 7.17. The van der Waals surface area contributed by atoms with Gasteiger partial charge in [-0.15, -0.1) is 0 Å². The molecule has 1 aromatic heterocycles. The average Bonchev–Trinajstić information content (AvgIpc) is 2.89. The van der Waals surface area contributed by atoms with Crippen LogP contribution in [0.15, 0.2) is 30.5 Å². The molecule has 20 heavy (non-hydrogen) atoms. The fraction of sp³-hybridized carbons (Fsp3) is 0.438. The van der Waals surface area contributed by atoms with Gasteiger partial charge < -0.3 is 14.6 Å². The van der Waals surface area contributed by atoms with Gasteiger partial charge >= 0.3 is 0 Å². The van der Waals surface area contributed by atoms with Crippen molar-refractivity contribution in [3.05, 3.63) is 30.5 Å². The third-order valence-electron chi connectivity index (χ3n) is 3.32. The van der Waals surface area contributed by atoms with Gasteiger partial charge in [0.1, 0.15) is 5.75 Å². The van der Waals surface area contributed by atoms with Crippen molar-refractivity contribution in [2.45, 2.75) is 32.7 Å². The number of ether oxygens (including phenoxy) is 1. The predicted molar refractivity (Wildman–Crippen MR) is 81.0 cm³/mol. The van der Waals surface area contributed by atoms with Gasteiger partial charge in [-0.2, -0.15) is 0 Å². The number of aryl methyl sites for hydroxylation is 1. The van der Waals surface area contributed by atoms with Gasteiger partial charge in [0.15, 0.2) is 0 Å². The molecule has 108 valence electrons. The normalized spacial score (nSPS) is 10.7. The lowest BCUT2D eigenvalue weighted by Gasteiger charge is -2.08. The van der Waals surface area contributed by atoms with Crippen LogP contribution < -0.4 is 10.1 Å². The number of hydrogen-bond donors (Lipinski definition) is 1. The Morgan fingerprint density at radius 1 is 1.35 bits per heavy atom. The molecule has 1 amide bonds. The minimum absolute atomic E-state index is 0.0911. The molecule has 1 aromatic carbocycles. The molecule has 0 spiro atoms. The summed E-state index contributed by atoms with van der Waals surface area (Å²) in [7, 11) is 1.67. The summed E-state index contributed by atoms with van der Waals surface area (Å²) in [6.45, 7) is 3.68. The molecular formula is C16H22N2O2. The van der Waals surface area contributed by atoms with E-state index in [2.05, 4.69) is 35.1 Å². The van der Waals surface area contributed by atoms with Crippen LogP contribution in [-0.2, 0) is 11.3 Å². The molecule has 4 nitrogen and oxygen atoms in total. The number of nitrogens with zero attached hydrogens (tertiary/aromatic N) is 1. The Morgan fingerprint density at radius 3 is 2.95 bits per heavy atom. The number of benzene rings is 1. The summed E-state index contributed by atoms with van der Waals surface area (Å²) in [6.07, 6.45) is 4.46. The molecule has 0 unspecified atom stereocenters. The number of hydrogen-bond acceptors (Lipinski definition) is 2.